The molecule has 0 spiro atoms. The zero-order chi connectivity index (χ0) is 24.9. The average molecular weight is 534 g/mol. The van der Waals surface area contributed by atoms with Gasteiger partial charge in [-0.2, -0.15) is 5.26 Å². The van der Waals surface area contributed by atoms with Crippen LogP contribution in [-0.2, 0) is 6.61 Å². The molecule has 0 heterocycles. The van der Waals surface area contributed by atoms with Gasteiger partial charge < -0.3 is 9.47 Å². The van der Waals surface area contributed by atoms with Crippen molar-refractivity contribution in [3.63, 3.8) is 0 Å². The van der Waals surface area contributed by atoms with Gasteiger partial charge in [-0.05, 0) is 85.4 Å². The molecule has 0 aliphatic rings. The molecule has 0 N–H and O–H groups in total. The fourth-order valence-corrected chi connectivity index (χ4v) is 4.92. The maximum atomic E-state index is 9.92. The van der Waals surface area contributed by atoms with E-state index >= 15 is 0 Å². The van der Waals surface area contributed by atoms with Crippen LogP contribution in [0.3, 0.4) is 0 Å². The van der Waals surface area contributed by atoms with Gasteiger partial charge >= 0.3 is 0 Å². The Morgan fingerprint density at radius 3 is 2.39 bits per heavy atom. The first-order valence-corrected chi connectivity index (χ1v) is 12.6. The lowest BCUT2D eigenvalue weighted by Gasteiger charge is -2.16. The van der Waals surface area contributed by atoms with Crippen LogP contribution in [0, 0.1) is 11.3 Å². The van der Waals surface area contributed by atoms with E-state index in [0.717, 1.165) is 31.9 Å². The number of allylic oxidation sites excluding steroid dienone is 1. The number of ether oxygens (including phenoxy) is 2. The predicted molar refractivity (Wildman–Crippen MR) is 151 cm³/mol. The molecular formula is C32H24BrNO2. The summed E-state index contributed by atoms with van der Waals surface area (Å²) in [5.41, 5.74) is 3.42. The number of nitriles is 1. The first-order valence-electron chi connectivity index (χ1n) is 11.8. The average Bonchev–Trinajstić information content (AvgIpc) is 2.91. The summed E-state index contributed by atoms with van der Waals surface area (Å²) in [6, 6.07) is 35.0. The van der Waals surface area contributed by atoms with Crippen molar-refractivity contribution in [2.75, 3.05) is 6.61 Å². The minimum atomic E-state index is 0.412. The molecule has 176 valence electrons. The lowest BCUT2D eigenvalue weighted by molar-refractivity contribution is 0.268. The zero-order valence-electron chi connectivity index (χ0n) is 19.9. The Morgan fingerprint density at radius 1 is 0.833 bits per heavy atom. The molecule has 5 aromatic rings. The number of nitrogens with zero attached hydrogens (tertiary/aromatic N) is 1. The van der Waals surface area contributed by atoms with E-state index in [1.807, 2.05) is 73.7 Å². The highest BCUT2D eigenvalue weighted by molar-refractivity contribution is 9.10. The van der Waals surface area contributed by atoms with Crippen LogP contribution < -0.4 is 9.47 Å². The summed E-state index contributed by atoms with van der Waals surface area (Å²) in [4.78, 5) is 0. The maximum absolute atomic E-state index is 9.92. The molecule has 0 amide bonds. The van der Waals surface area contributed by atoms with Crippen molar-refractivity contribution in [2.24, 2.45) is 0 Å². The quantitative estimate of drug-likeness (QED) is 0.155. The molecule has 5 rings (SSSR count). The SMILES string of the molecule is CCOc1cc(/C=C(/C#N)c2ccc3ccccc3c2)cc(Br)c1OCc1cccc2ccccc12. The highest BCUT2D eigenvalue weighted by Gasteiger charge is 2.14. The highest BCUT2D eigenvalue weighted by atomic mass is 79.9. The summed E-state index contributed by atoms with van der Waals surface area (Å²) >= 11 is 3.67. The predicted octanol–water partition coefficient (Wildman–Crippen LogP) is 8.80. The molecule has 0 saturated carbocycles. The van der Waals surface area contributed by atoms with Crippen LogP contribution in [0.2, 0.25) is 0 Å². The van der Waals surface area contributed by atoms with Gasteiger partial charge in [0.2, 0.25) is 0 Å². The Labute approximate surface area is 219 Å². The summed E-state index contributed by atoms with van der Waals surface area (Å²) in [6.07, 6.45) is 1.88. The van der Waals surface area contributed by atoms with Gasteiger partial charge in [-0.15, -0.1) is 0 Å². The van der Waals surface area contributed by atoms with E-state index < -0.39 is 0 Å². The molecule has 5 aromatic carbocycles. The van der Waals surface area contributed by atoms with E-state index in [4.69, 9.17) is 9.47 Å². The van der Waals surface area contributed by atoms with E-state index in [0.29, 0.717) is 30.3 Å². The second-order valence-corrected chi connectivity index (χ2v) is 9.28. The van der Waals surface area contributed by atoms with Gasteiger partial charge in [0.1, 0.15) is 6.61 Å². The van der Waals surface area contributed by atoms with E-state index in [2.05, 4.69) is 58.4 Å². The minimum Gasteiger partial charge on any atom is -0.490 e. The second-order valence-electron chi connectivity index (χ2n) is 8.42. The van der Waals surface area contributed by atoms with Crippen molar-refractivity contribution < 1.29 is 9.47 Å². The standard InChI is InChI=1S/C32H24BrNO2/c1-2-35-31-18-22(16-28(20-34)26-15-14-23-8-3-4-10-25(23)19-26)17-30(33)32(31)36-21-27-12-7-11-24-9-5-6-13-29(24)27/h3-19H,2,21H2,1H3/b28-16-. The Hall–Kier alpha value is -4.07. The molecule has 0 bridgehead atoms. The zero-order valence-corrected chi connectivity index (χ0v) is 21.5. The van der Waals surface area contributed by atoms with Crippen LogP contribution in [-0.4, -0.2) is 6.61 Å². The fraction of sp³-hybridized carbons (Fsp3) is 0.0938. The molecule has 36 heavy (non-hydrogen) atoms. The van der Waals surface area contributed by atoms with E-state index in [-0.39, 0.29) is 0 Å². The van der Waals surface area contributed by atoms with Crippen LogP contribution in [0.15, 0.2) is 102 Å². The van der Waals surface area contributed by atoms with Crippen molar-refractivity contribution in [2.45, 2.75) is 13.5 Å². The number of halogens is 1. The third-order valence-electron chi connectivity index (χ3n) is 6.08. The topological polar surface area (TPSA) is 42.2 Å². The van der Waals surface area contributed by atoms with Gasteiger partial charge in [-0.1, -0.05) is 78.9 Å². The number of hydrogen-bond acceptors (Lipinski definition) is 3. The summed E-state index contributed by atoms with van der Waals surface area (Å²) in [7, 11) is 0. The fourth-order valence-electron chi connectivity index (χ4n) is 4.35. The summed E-state index contributed by atoms with van der Waals surface area (Å²) in [5, 5.41) is 14.5. The van der Waals surface area contributed by atoms with Crippen LogP contribution >= 0.6 is 15.9 Å². The highest BCUT2D eigenvalue weighted by Crippen LogP contribution is 2.39. The monoisotopic (exact) mass is 533 g/mol. The molecule has 0 fully saturated rings. The van der Waals surface area contributed by atoms with Crippen LogP contribution in [0.25, 0.3) is 33.2 Å². The molecule has 3 nitrogen and oxygen atoms in total. The summed E-state index contributed by atoms with van der Waals surface area (Å²) in [6.45, 7) is 2.86. The number of rotatable bonds is 7. The van der Waals surface area contributed by atoms with Gasteiger partial charge in [-0.25, -0.2) is 0 Å². The Kier molecular flexibility index (Phi) is 7.02. The lowest BCUT2D eigenvalue weighted by Crippen LogP contribution is -2.01. The normalized spacial score (nSPS) is 11.4. The van der Waals surface area contributed by atoms with Crippen LogP contribution in [0.5, 0.6) is 11.5 Å². The van der Waals surface area contributed by atoms with Crippen molar-refractivity contribution in [3.05, 3.63) is 118 Å². The Morgan fingerprint density at radius 2 is 1.58 bits per heavy atom. The molecule has 0 aromatic heterocycles. The molecular weight excluding hydrogens is 510 g/mol. The van der Waals surface area contributed by atoms with E-state index in [1.165, 1.54) is 10.8 Å². The Balaban J connectivity index is 1.47. The van der Waals surface area contributed by atoms with E-state index in [1.54, 1.807) is 0 Å². The van der Waals surface area contributed by atoms with Crippen molar-refractivity contribution >= 4 is 49.1 Å². The number of fused-ring (bicyclic) bond motifs is 2. The number of benzene rings is 5. The molecule has 0 aliphatic heterocycles. The van der Waals surface area contributed by atoms with Crippen molar-refractivity contribution in [3.8, 4) is 17.6 Å². The van der Waals surface area contributed by atoms with Gasteiger partial charge in [0.25, 0.3) is 0 Å². The minimum absolute atomic E-state index is 0.412. The lowest BCUT2D eigenvalue weighted by atomic mass is 10.00. The first kappa shape index (κ1) is 23.7. The third-order valence-corrected chi connectivity index (χ3v) is 6.66. The Bertz CT molecular complexity index is 1630. The molecule has 0 unspecified atom stereocenters. The second kappa shape index (κ2) is 10.7. The molecule has 0 radical (unpaired) electrons. The van der Waals surface area contributed by atoms with Gasteiger partial charge in [0.15, 0.2) is 11.5 Å². The third kappa shape index (κ3) is 4.98. The molecule has 0 aliphatic carbocycles. The first-order chi connectivity index (χ1) is 17.7. The van der Waals surface area contributed by atoms with Gasteiger partial charge in [0, 0.05) is 0 Å². The smallest absolute Gasteiger partial charge is 0.175 e. The van der Waals surface area contributed by atoms with Gasteiger partial charge in [0.05, 0.1) is 22.7 Å². The van der Waals surface area contributed by atoms with Crippen LogP contribution in [0.4, 0.5) is 0 Å². The van der Waals surface area contributed by atoms with E-state index in [9.17, 15) is 5.26 Å². The van der Waals surface area contributed by atoms with Crippen molar-refractivity contribution in [1.29, 1.82) is 5.26 Å². The molecule has 0 saturated heterocycles. The maximum Gasteiger partial charge on any atom is 0.175 e. The molecule has 4 heteroatoms. The largest absolute Gasteiger partial charge is 0.490 e. The number of hydrogen-bond donors (Lipinski definition) is 0. The summed E-state index contributed by atoms with van der Waals surface area (Å²) in [5.74, 6) is 1.28. The van der Waals surface area contributed by atoms with Gasteiger partial charge in [-0.3, -0.25) is 0 Å². The summed E-state index contributed by atoms with van der Waals surface area (Å²) < 4.78 is 13.0. The van der Waals surface area contributed by atoms with Crippen molar-refractivity contribution in [1.82, 2.24) is 0 Å². The molecule has 0 atom stereocenters. The van der Waals surface area contributed by atoms with Crippen LogP contribution in [0.1, 0.15) is 23.6 Å².